The molecule has 0 saturated heterocycles. The topological polar surface area (TPSA) is 20.7 Å². The minimum Gasteiger partial charge on any atom is -0.337 e. The van der Waals surface area contributed by atoms with Gasteiger partial charge in [0, 0.05) is 17.9 Å². The van der Waals surface area contributed by atoms with Crippen molar-refractivity contribution in [2.45, 2.75) is 64.8 Å². The SMILES string of the molecule is CCC1CCCCC1n1c(C(C)C)c[nH]c1=S. The third-order valence-corrected chi connectivity index (χ3v) is 4.47. The summed E-state index contributed by atoms with van der Waals surface area (Å²) in [6.07, 6.45) is 8.79. The van der Waals surface area contributed by atoms with Gasteiger partial charge in [0.2, 0.25) is 0 Å². The summed E-state index contributed by atoms with van der Waals surface area (Å²) in [4.78, 5) is 3.24. The number of nitrogens with zero attached hydrogens (tertiary/aromatic N) is 1. The Hall–Kier alpha value is -0.570. The second-order valence-electron chi connectivity index (χ2n) is 5.56. The third-order valence-electron chi connectivity index (χ3n) is 4.16. The van der Waals surface area contributed by atoms with Crippen molar-refractivity contribution in [3.63, 3.8) is 0 Å². The molecule has 0 bridgehead atoms. The van der Waals surface area contributed by atoms with Gasteiger partial charge in [-0.05, 0) is 36.9 Å². The lowest BCUT2D eigenvalue weighted by atomic mass is 9.82. The lowest BCUT2D eigenvalue weighted by Crippen LogP contribution is -2.24. The van der Waals surface area contributed by atoms with Crippen LogP contribution in [-0.4, -0.2) is 9.55 Å². The Morgan fingerprint density at radius 2 is 2.12 bits per heavy atom. The van der Waals surface area contributed by atoms with Crippen molar-refractivity contribution in [3.8, 4) is 0 Å². The molecule has 0 aliphatic heterocycles. The molecule has 2 rings (SSSR count). The van der Waals surface area contributed by atoms with Crippen LogP contribution in [0.3, 0.4) is 0 Å². The van der Waals surface area contributed by atoms with Crippen LogP contribution < -0.4 is 0 Å². The minimum atomic E-state index is 0.544. The van der Waals surface area contributed by atoms with Crippen LogP contribution in [0.4, 0.5) is 0 Å². The molecule has 1 aliphatic rings. The number of aromatic nitrogens is 2. The van der Waals surface area contributed by atoms with E-state index in [9.17, 15) is 0 Å². The van der Waals surface area contributed by atoms with Crippen molar-refractivity contribution >= 4 is 12.2 Å². The molecule has 1 aromatic rings. The molecular formula is C14H24N2S. The highest BCUT2D eigenvalue weighted by Crippen LogP contribution is 2.37. The van der Waals surface area contributed by atoms with Gasteiger partial charge in [0.05, 0.1) is 0 Å². The maximum Gasteiger partial charge on any atom is 0.177 e. The lowest BCUT2D eigenvalue weighted by Gasteiger charge is -2.33. The van der Waals surface area contributed by atoms with Gasteiger partial charge in [0.1, 0.15) is 0 Å². The molecule has 0 amide bonds. The van der Waals surface area contributed by atoms with E-state index in [4.69, 9.17) is 12.2 Å². The fraction of sp³-hybridized carbons (Fsp3) is 0.786. The highest BCUT2D eigenvalue weighted by atomic mass is 32.1. The van der Waals surface area contributed by atoms with Crippen LogP contribution in [-0.2, 0) is 0 Å². The Morgan fingerprint density at radius 3 is 2.76 bits per heavy atom. The van der Waals surface area contributed by atoms with Gasteiger partial charge in [-0.3, -0.25) is 0 Å². The molecule has 1 fully saturated rings. The van der Waals surface area contributed by atoms with Gasteiger partial charge in [0.15, 0.2) is 4.77 Å². The summed E-state index contributed by atoms with van der Waals surface area (Å²) >= 11 is 5.48. The van der Waals surface area contributed by atoms with Crippen LogP contribution in [0.5, 0.6) is 0 Å². The predicted molar refractivity (Wildman–Crippen MR) is 75.0 cm³/mol. The molecule has 96 valence electrons. The highest BCUT2D eigenvalue weighted by molar-refractivity contribution is 7.71. The Balaban J connectivity index is 2.37. The first-order chi connectivity index (χ1) is 8.15. The molecule has 3 heteroatoms. The summed E-state index contributed by atoms with van der Waals surface area (Å²) in [6.45, 7) is 6.81. The molecule has 17 heavy (non-hydrogen) atoms. The van der Waals surface area contributed by atoms with Gasteiger partial charge < -0.3 is 9.55 Å². The summed E-state index contributed by atoms with van der Waals surface area (Å²) in [5.74, 6) is 1.35. The molecule has 1 aromatic heterocycles. The molecular weight excluding hydrogens is 228 g/mol. The zero-order valence-electron chi connectivity index (χ0n) is 11.2. The maximum absolute atomic E-state index is 5.48. The summed E-state index contributed by atoms with van der Waals surface area (Å²) < 4.78 is 3.33. The van der Waals surface area contributed by atoms with Gasteiger partial charge in [-0.15, -0.1) is 0 Å². The lowest BCUT2D eigenvalue weighted by molar-refractivity contribution is 0.226. The normalized spacial score (nSPS) is 25.4. The molecule has 2 nitrogen and oxygen atoms in total. The standard InChI is InChI=1S/C14H24N2S/c1-4-11-7-5-6-8-12(11)16-13(10(2)3)9-15-14(16)17/h9-12H,4-8H2,1-3H3,(H,15,17). The Morgan fingerprint density at radius 1 is 1.41 bits per heavy atom. The molecule has 1 heterocycles. The second kappa shape index (κ2) is 5.38. The molecule has 2 atom stereocenters. The number of H-pyrrole nitrogens is 1. The average molecular weight is 252 g/mol. The van der Waals surface area contributed by atoms with E-state index < -0.39 is 0 Å². The van der Waals surface area contributed by atoms with Gasteiger partial charge in [0.25, 0.3) is 0 Å². The zero-order valence-corrected chi connectivity index (χ0v) is 12.0. The van der Waals surface area contributed by atoms with Crippen molar-refractivity contribution in [1.29, 1.82) is 0 Å². The summed E-state index contributed by atoms with van der Waals surface area (Å²) in [5.41, 5.74) is 1.38. The van der Waals surface area contributed by atoms with E-state index in [-0.39, 0.29) is 0 Å². The number of hydrogen-bond acceptors (Lipinski definition) is 1. The van der Waals surface area contributed by atoms with Gasteiger partial charge >= 0.3 is 0 Å². The monoisotopic (exact) mass is 252 g/mol. The minimum absolute atomic E-state index is 0.544. The third kappa shape index (κ3) is 2.49. The summed E-state index contributed by atoms with van der Waals surface area (Å²) in [5, 5.41) is 0. The summed E-state index contributed by atoms with van der Waals surface area (Å²) in [6, 6.07) is 0.630. The zero-order chi connectivity index (χ0) is 12.4. The Bertz CT molecular complexity index is 416. The number of nitrogens with one attached hydrogen (secondary N) is 1. The first kappa shape index (κ1) is 12.9. The van der Waals surface area contributed by atoms with Crippen LogP contribution in [0.1, 0.15) is 70.5 Å². The van der Waals surface area contributed by atoms with E-state index in [0.717, 1.165) is 10.7 Å². The number of rotatable bonds is 3. The smallest absolute Gasteiger partial charge is 0.177 e. The van der Waals surface area contributed by atoms with Crippen molar-refractivity contribution in [2.24, 2.45) is 5.92 Å². The van der Waals surface area contributed by atoms with Crippen molar-refractivity contribution in [3.05, 3.63) is 16.7 Å². The Kier molecular flexibility index (Phi) is 4.08. The van der Waals surface area contributed by atoms with Crippen LogP contribution >= 0.6 is 12.2 Å². The van der Waals surface area contributed by atoms with E-state index in [1.165, 1.54) is 37.8 Å². The summed E-state index contributed by atoms with van der Waals surface area (Å²) in [7, 11) is 0. The number of aromatic amines is 1. The van der Waals surface area contributed by atoms with Crippen LogP contribution in [0, 0.1) is 10.7 Å². The van der Waals surface area contributed by atoms with E-state index in [1.54, 1.807) is 0 Å². The van der Waals surface area contributed by atoms with Gasteiger partial charge in [-0.1, -0.05) is 40.0 Å². The molecule has 0 aromatic carbocycles. The molecule has 0 radical (unpaired) electrons. The first-order valence-corrected chi connectivity index (χ1v) is 7.35. The van der Waals surface area contributed by atoms with Crippen molar-refractivity contribution < 1.29 is 0 Å². The molecule has 1 saturated carbocycles. The number of hydrogen-bond donors (Lipinski definition) is 1. The maximum atomic E-state index is 5.48. The predicted octanol–water partition coefficient (Wildman–Crippen LogP) is 4.81. The van der Waals surface area contributed by atoms with E-state index in [0.29, 0.717) is 12.0 Å². The van der Waals surface area contributed by atoms with E-state index in [2.05, 4.69) is 36.5 Å². The molecule has 1 aliphatic carbocycles. The molecule has 0 spiro atoms. The van der Waals surface area contributed by atoms with Crippen LogP contribution in [0.15, 0.2) is 6.20 Å². The first-order valence-electron chi connectivity index (χ1n) is 6.95. The van der Waals surface area contributed by atoms with E-state index in [1.807, 2.05) is 0 Å². The largest absolute Gasteiger partial charge is 0.337 e. The fourth-order valence-corrected chi connectivity index (χ4v) is 3.48. The van der Waals surface area contributed by atoms with Gasteiger partial charge in [-0.25, -0.2) is 0 Å². The van der Waals surface area contributed by atoms with Crippen LogP contribution in [0.2, 0.25) is 0 Å². The second-order valence-corrected chi connectivity index (χ2v) is 5.95. The fourth-order valence-electron chi connectivity index (χ4n) is 3.18. The van der Waals surface area contributed by atoms with Crippen molar-refractivity contribution in [2.75, 3.05) is 0 Å². The molecule has 1 N–H and O–H groups in total. The van der Waals surface area contributed by atoms with Gasteiger partial charge in [-0.2, -0.15) is 0 Å². The van der Waals surface area contributed by atoms with Crippen molar-refractivity contribution in [1.82, 2.24) is 9.55 Å². The molecule has 2 unspecified atom stereocenters. The highest BCUT2D eigenvalue weighted by Gasteiger charge is 2.27. The quantitative estimate of drug-likeness (QED) is 0.766. The van der Waals surface area contributed by atoms with E-state index >= 15 is 0 Å². The van der Waals surface area contributed by atoms with Crippen LogP contribution in [0.25, 0.3) is 0 Å². The average Bonchev–Trinajstić information content (AvgIpc) is 2.71. The number of imidazole rings is 1. The Labute approximate surface area is 109 Å².